The van der Waals surface area contributed by atoms with Gasteiger partial charge in [-0.1, -0.05) is 12.1 Å². The largest absolute Gasteiger partial charge is 0.367 e. The van der Waals surface area contributed by atoms with Crippen LogP contribution < -0.4 is 4.90 Å². The lowest BCUT2D eigenvalue weighted by Crippen LogP contribution is -2.43. The third kappa shape index (κ3) is 3.45. The number of aromatic nitrogens is 1. The van der Waals surface area contributed by atoms with Crippen molar-refractivity contribution in [1.29, 1.82) is 0 Å². The van der Waals surface area contributed by atoms with Crippen molar-refractivity contribution in [2.24, 2.45) is 0 Å². The van der Waals surface area contributed by atoms with Crippen LogP contribution in [0.2, 0.25) is 0 Å². The molecule has 1 aliphatic heterocycles. The Kier molecular flexibility index (Phi) is 4.20. The SMILES string of the molecule is CC1CN(c2ccc([N+](=O)[O-])cn2)CC(c2ccc(F)cc2)O1. The van der Waals surface area contributed by atoms with Gasteiger partial charge >= 0.3 is 0 Å². The van der Waals surface area contributed by atoms with Crippen molar-refractivity contribution < 1.29 is 14.1 Å². The van der Waals surface area contributed by atoms with Gasteiger partial charge in [-0.15, -0.1) is 0 Å². The normalized spacial score (nSPS) is 21.2. The number of rotatable bonds is 3. The zero-order valence-corrected chi connectivity index (χ0v) is 12.6. The second-order valence-electron chi connectivity index (χ2n) is 5.52. The summed E-state index contributed by atoms with van der Waals surface area (Å²) in [7, 11) is 0. The van der Waals surface area contributed by atoms with Crippen LogP contribution in [0.25, 0.3) is 0 Å². The Morgan fingerprint density at radius 2 is 2.00 bits per heavy atom. The molecule has 2 heterocycles. The summed E-state index contributed by atoms with van der Waals surface area (Å²) in [4.78, 5) is 16.4. The molecule has 0 saturated carbocycles. The predicted molar refractivity (Wildman–Crippen MR) is 82.8 cm³/mol. The Labute approximate surface area is 132 Å². The summed E-state index contributed by atoms with van der Waals surface area (Å²) < 4.78 is 19.0. The van der Waals surface area contributed by atoms with Gasteiger partial charge in [-0.2, -0.15) is 0 Å². The molecule has 0 spiro atoms. The Hall–Kier alpha value is -2.54. The summed E-state index contributed by atoms with van der Waals surface area (Å²) in [6.07, 6.45) is 1.02. The highest BCUT2D eigenvalue weighted by molar-refractivity contribution is 5.44. The maximum absolute atomic E-state index is 13.1. The molecule has 1 saturated heterocycles. The van der Waals surface area contributed by atoms with Gasteiger partial charge in [-0.25, -0.2) is 9.37 Å². The van der Waals surface area contributed by atoms with Crippen LogP contribution in [-0.4, -0.2) is 29.1 Å². The molecule has 1 aromatic carbocycles. The number of benzene rings is 1. The van der Waals surface area contributed by atoms with Crippen LogP contribution in [0, 0.1) is 15.9 Å². The molecular formula is C16H16FN3O3. The zero-order valence-electron chi connectivity index (χ0n) is 12.6. The first-order valence-electron chi connectivity index (χ1n) is 7.29. The minimum atomic E-state index is -0.472. The van der Waals surface area contributed by atoms with Crippen molar-refractivity contribution in [3.63, 3.8) is 0 Å². The van der Waals surface area contributed by atoms with Gasteiger partial charge in [0.25, 0.3) is 5.69 Å². The smallest absolute Gasteiger partial charge is 0.287 e. The van der Waals surface area contributed by atoms with E-state index in [1.165, 1.54) is 24.4 Å². The van der Waals surface area contributed by atoms with Crippen LogP contribution >= 0.6 is 0 Å². The van der Waals surface area contributed by atoms with Gasteiger partial charge in [0.05, 0.1) is 11.0 Å². The summed E-state index contributed by atoms with van der Waals surface area (Å²) in [5, 5.41) is 10.7. The van der Waals surface area contributed by atoms with Crippen molar-refractivity contribution >= 4 is 11.5 Å². The summed E-state index contributed by atoms with van der Waals surface area (Å²) in [5.74, 6) is 0.379. The monoisotopic (exact) mass is 317 g/mol. The second-order valence-corrected chi connectivity index (χ2v) is 5.52. The molecule has 23 heavy (non-hydrogen) atoms. The van der Waals surface area contributed by atoms with E-state index in [9.17, 15) is 14.5 Å². The molecule has 6 nitrogen and oxygen atoms in total. The predicted octanol–water partition coefficient (Wildman–Crippen LogP) is 3.10. The van der Waals surface area contributed by atoms with E-state index in [2.05, 4.69) is 4.98 Å². The molecule has 1 aliphatic rings. The van der Waals surface area contributed by atoms with Crippen LogP contribution in [0.3, 0.4) is 0 Å². The highest BCUT2D eigenvalue weighted by Gasteiger charge is 2.27. The molecule has 2 unspecified atom stereocenters. The van der Waals surface area contributed by atoms with Crippen molar-refractivity contribution in [1.82, 2.24) is 4.98 Å². The zero-order chi connectivity index (χ0) is 16.4. The molecule has 2 aromatic rings. The second kappa shape index (κ2) is 6.29. The number of ether oxygens (including phenoxy) is 1. The molecule has 1 fully saturated rings. The Morgan fingerprint density at radius 3 is 2.61 bits per heavy atom. The first kappa shape index (κ1) is 15.4. The van der Waals surface area contributed by atoms with Gasteiger partial charge < -0.3 is 9.64 Å². The van der Waals surface area contributed by atoms with Crippen LogP contribution in [-0.2, 0) is 4.74 Å². The van der Waals surface area contributed by atoms with Gasteiger partial charge in [-0.05, 0) is 30.7 Å². The van der Waals surface area contributed by atoms with Gasteiger partial charge in [0.2, 0.25) is 0 Å². The number of pyridine rings is 1. The van der Waals surface area contributed by atoms with E-state index in [-0.39, 0.29) is 23.7 Å². The van der Waals surface area contributed by atoms with Crippen molar-refractivity contribution in [3.8, 4) is 0 Å². The van der Waals surface area contributed by atoms with E-state index < -0.39 is 4.92 Å². The summed E-state index contributed by atoms with van der Waals surface area (Å²) >= 11 is 0. The quantitative estimate of drug-likeness (QED) is 0.643. The third-order valence-electron chi connectivity index (χ3n) is 3.77. The summed E-state index contributed by atoms with van der Waals surface area (Å²) in [6.45, 7) is 3.15. The number of morpholine rings is 1. The highest BCUT2D eigenvalue weighted by atomic mass is 19.1. The maximum Gasteiger partial charge on any atom is 0.287 e. The number of hydrogen-bond acceptors (Lipinski definition) is 5. The molecule has 7 heteroatoms. The Balaban J connectivity index is 1.80. The van der Waals surface area contributed by atoms with Crippen LogP contribution in [0.1, 0.15) is 18.6 Å². The molecule has 3 rings (SSSR count). The lowest BCUT2D eigenvalue weighted by Gasteiger charge is -2.37. The number of halogens is 1. The number of nitro groups is 1. The summed E-state index contributed by atoms with van der Waals surface area (Å²) in [6, 6.07) is 9.31. The third-order valence-corrected chi connectivity index (χ3v) is 3.77. The van der Waals surface area contributed by atoms with E-state index in [1.807, 2.05) is 11.8 Å². The first-order valence-corrected chi connectivity index (χ1v) is 7.29. The van der Waals surface area contributed by atoms with Crippen molar-refractivity contribution in [2.75, 3.05) is 18.0 Å². The molecule has 0 amide bonds. The molecule has 120 valence electrons. The summed E-state index contributed by atoms with van der Waals surface area (Å²) in [5.41, 5.74) is 0.856. The fraction of sp³-hybridized carbons (Fsp3) is 0.312. The Morgan fingerprint density at radius 1 is 1.26 bits per heavy atom. The minimum Gasteiger partial charge on any atom is -0.367 e. The highest BCUT2D eigenvalue weighted by Crippen LogP contribution is 2.28. The Bertz CT molecular complexity index is 691. The molecule has 1 aromatic heterocycles. The molecule has 0 bridgehead atoms. The molecule has 0 N–H and O–H groups in total. The fourth-order valence-corrected chi connectivity index (χ4v) is 2.67. The van der Waals surface area contributed by atoms with Crippen molar-refractivity contribution in [3.05, 3.63) is 64.1 Å². The molecular weight excluding hydrogens is 301 g/mol. The van der Waals surface area contributed by atoms with Gasteiger partial charge in [0.1, 0.15) is 23.9 Å². The van der Waals surface area contributed by atoms with Gasteiger partial charge in [-0.3, -0.25) is 10.1 Å². The molecule has 0 radical (unpaired) electrons. The van der Waals surface area contributed by atoms with Crippen LogP contribution in [0.5, 0.6) is 0 Å². The van der Waals surface area contributed by atoms with Crippen molar-refractivity contribution in [2.45, 2.75) is 19.1 Å². The van der Waals surface area contributed by atoms with Gasteiger partial charge in [0, 0.05) is 19.2 Å². The average Bonchev–Trinajstić information content (AvgIpc) is 2.55. The topological polar surface area (TPSA) is 68.5 Å². The minimum absolute atomic E-state index is 0.0317. The first-order chi connectivity index (χ1) is 11.0. The number of anilines is 1. The van der Waals surface area contributed by atoms with E-state index >= 15 is 0 Å². The van der Waals surface area contributed by atoms with Crippen LogP contribution in [0.15, 0.2) is 42.6 Å². The number of nitrogens with zero attached hydrogens (tertiary/aromatic N) is 3. The van der Waals surface area contributed by atoms with E-state index in [4.69, 9.17) is 4.74 Å². The van der Waals surface area contributed by atoms with Crippen LogP contribution in [0.4, 0.5) is 15.9 Å². The molecule has 2 atom stereocenters. The molecule has 0 aliphatic carbocycles. The van der Waals surface area contributed by atoms with E-state index in [1.54, 1.807) is 18.2 Å². The average molecular weight is 317 g/mol. The van der Waals surface area contributed by atoms with Gasteiger partial charge in [0.15, 0.2) is 0 Å². The lowest BCUT2D eigenvalue weighted by atomic mass is 10.1. The fourth-order valence-electron chi connectivity index (χ4n) is 2.67. The standard InChI is InChI=1S/C16H16FN3O3/c1-11-9-19(16-7-6-14(8-18-16)20(21)22)10-15(23-11)12-2-4-13(17)5-3-12/h2-8,11,15H,9-10H2,1H3. The lowest BCUT2D eigenvalue weighted by molar-refractivity contribution is -0.385. The number of hydrogen-bond donors (Lipinski definition) is 0. The van der Waals surface area contributed by atoms with E-state index in [0.717, 1.165) is 5.56 Å². The maximum atomic E-state index is 13.1. The van der Waals surface area contributed by atoms with E-state index in [0.29, 0.717) is 18.9 Å².